The molecular weight excluding hydrogens is 172 g/mol. The number of esters is 1. The molecule has 0 spiro atoms. The normalized spacial score (nSPS) is 24.2. The van der Waals surface area contributed by atoms with Crippen molar-refractivity contribution in [2.75, 3.05) is 6.61 Å². The molecule has 1 heterocycles. The molecule has 0 amide bonds. The molecule has 0 saturated carbocycles. The first kappa shape index (κ1) is 9.73. The number of carbonyl (C=O) groups is 1. The highest BCUT2D eigenvalue weighted by Gasteiger charge is 2.25. The second-order valence-corrected chi connectivity index (χ2v) is 8.59. The summed E-state index contributed by atoms with van der Waals surface area (Å²) in [6.07, 6.45) is 1.40. The van der Waals surface area contributed by atoms with Crippen LogP contribution in [0.2, 0.25) is 19.6 Å². The maximum absolute atomic E-state index is 10.7. The van der Waals surface area contributed by atoms with Crippen LogP contribution < -0.4 is 0 Å². The van der Waals surface area contributed by atoms with Crippen molar-refractivity contribution in [2.45, 2.75) is 38.6 Å². The van der Waals surface area contributed by atoms with Crippen LogP contribution in [0.15, 0.2) is 0 Å². The second-order valence-electron chi connectivity index (χ2n) is 4.07. The molecule has 0 N–H and O–H groups in total. The Morgan fingerprint density at radius 2 is 2.25 bits per heavy atom. The Morgan fingerprint density at radius 3 is 2.67 bits per heavy atom. The average Bonchev–Trinajstić information content (AvgIpc) is 2.30. The fourth-order valence-corrected chi connectivity index (χ4v) is 1.73. The zero-order valence-electron chi connectivity index (χ0n) is 7.92. The van der Waals surface area contributed by atoms with Gasteiger partial charge < -0.3 is 9.16 Å². The fourth-order valence-electron chi connectivity index (χ4n) is 1.04. The lowest BCUT2D eigenvalue weighted by Crippen LogP contribution is -2.30. The van der Waals surface area contributed by atoms with Gasteiger partial charge in [0.15, 0.2) is 8.32 Å². The lowest BCUT2D eigenvalue weighted by molar-refractivity contribution is -0.142. The maximum atomic E-state index is 10.7. The molecule has 0 aromatic carbocycles. The first-order chi connectivity index (χ1) is 5.47. The summed E-state index contributed by atoms with van der Waals surface area (Å²) in [4.78, 5) is 10.7. The Balaban J connectivity index is 2.20. The van der Waals surface area contributed by atoms with Crippen LogP contribution in [0.1, 0.15) is 12.8 Å². The molecule has 4 heteroatoms. The van der Waals surface area contributed by atoms with E-state index in [1.165, 1.54) is 0 Å². The van der Waals surface area contributed by atoms with E-state index in [-0.39, 0.29) is 12.1 Å². The van der Waals surface area contributed by atoms with E-state index >= 15 is 0 Å². The van der Waals surface area contributed by atoms with Gasteiger partial charge in [0.2, 0.25) is 0 Å². The van der Waals surface area contributed by atoms with Crippen LogP contribution in [-0.2, 0) is 14.0 Å². The second kappa shape index (κ2) is 3.58. The molecule has 0 aromatic rings. The van der Waals surface area contributed by atoms with Crippen LogP contribution in [0.25, 0.3) is 0 Å². The topological polar surface area (TPSA) is 35.5 Å². The molecule has 70 valence electrons. The van der Waals surface area contributed by atoms with Gasteiger partial charge in [-0.15, -0.1) is 0 Å². The van der Waals surface area contributed by atoms with Gasteiger partial charge in [0.1, 0.15) is 6.10 Å². The summed E-state index contributed by atoms with van der Waals surface area (Å²) in [5.41, 5.74) is 0. The Bertz CT molecular complexity index is 174. The number of hydrogen-bond acceptors (Lipinski definition) is 3. The molecule has 12 heavy (non-hydrogen) atoms. The molecule has 1 unspecified atom stereocenters. The average molecular weight is 188 g/mol. The highest BCUT2D eigenvalue weighted by Crippen LogP contribution is 2.15. The predicted molar refractivity (Wildman–Crippen MR) is 48.4 cm³/mol. The van der Waals surface area contributed by atoms with Crippen molar-refractivity contribution < 1.29 is 14.0 Å². The van der Waals surface area contributed by atoms with Crippen LogP contribution in [-0.4, -0.2) is 27.0 Å². The smallest absolute Gasteiger partial charge is 0.306 e. The Kier molecular flexibility index (Phi) is 2.90. The van der Waals surface area contributed by atoms with Crippen molar-refractivity contribution in [1.82, 2.24) is 0 Å². The fraction of sp³-hybridized carbons (Fsp3) is 0.875. The molecule has 0 radical (unpaired) electrons. The minimum atomic E-state index is -1.44. The zero-order chi connectivity index (χ0) is 9.19. The van der Waals surface area contributed by atoms with E-state index in [9.17, 15) is 4.79 Å². The van der Waals surface area contributed by atoms with E-state index in [4.69, 9.17) is 9.16 Å². The summed E-state index contributed by atoms with van der Waals surface area (Å²) in [5, 5.41) is 0. The van der Waals surface area contributed by atoms with Gasteiger partial charge in [-0.3, -0.25) is 4.79 Å². The monoisotopic (exact) mass is 188 g/mol. The summed E-state index contributed by atoms with van der Waals surface area (Å²) in [6.45, 7) is 6.97. The largest absolute Gasteiger partial charge is 0.460 e. The van der Waals surface area contributed by atoms with E-state index in [1.54, 1.807) is 0 Å². The van der Waals surface area contributed by atoms with Gasteiger partial charge in [0.25, 0.3) is 0 Å². The molecule has 0 aromatic heterocycles. The maximum Gasteiger partial charge on any atom is 0.306 e. The van der Waals surface area contributed by atoms with Gasteiger partial charge in [-0.25, -0.2) is 0 Å². The SMILES string of the molecule is C[Si](C)(C)OCC1CCC(=O)O1. The van der Waals surface area contributed by atoms with Crippen molar-refractivity contribution >= 4 is 14.3 Å². The van der Waals surface area contributed by atoms with Gasteiger partial charge in [-0.1, -0.05) is 0 Å². The van der Waals surface area contributed by atoms with Crippen LogP contribution in [0.5, 0.6) is 0 Å². The van der Waals surface area contributed by atoms with Crippen molar-refractivity contribution in [1.29, 1.82) is 0 Å². The summed E-state index contributed by atoms with van der Waals surface area (Å²) in [6, 6.07) is 0. The lowest BCUT2D eigenvalue weighted by atomic mass is 10.2. The third-order valence-electron chi connectivity index (χ3n) is 1.67. The lowest BCUT2D eigenvalue weighted by Gasteiger charge is -2.19. The van der Waals surface area contributed by atoms with E-state index < -0.39 is 8.32 Å². The van der Waals surface area contributed by atoms with Crippen molar-refractivity contribution in [2.24, 2.45) is 0 Å². The summed E-state index contributed by atoms with van der Waals surface area (Å²) in [7, 11) is -1.44. The zero-order valence-corrected chi connectivity index (χ0v) is 8.92. The molecule has 1 aliphatic rings. The Hall–Kier alpha value is -0.353. The molecule has 1 atom stereocenters. The minimum absolute atomic E-state index is 0.0178. The Labute approximate surface area is 74.2 Å². The van der Waals surface area contributed by atoms with Gasteiger partial charge in [0.05, 0.1) is 6.61 Å². The van der Waals surface area contributed by atoms with Crippen molar-refractivity contribution in [3.05, 3.63) is 0 Å². The van der Waals surface area contributed by atoms with Gasteiger partial charge >= 0.3 is 5.97 Å². The van der Waals surface area contributed by atoms with E-state index in [0.717, 1.165) is 6.42 Å². The number of cyclic esters (lactones) is 1. The van der Waals surface area contributed by atoms with Gasteiger partial charge in [0, 0.05) is 6.42 Å². The number of rotatable bonds is 3. The first-order valence-electron chi connectivity index (χ1n) is 4.31. The minimum Gasteiger partial charge on any atom is -0.460 e. The molecule has 3 nitrogen and oxygen atoms in total. The Morgan fingerprint density at radius 1 is 1.58 bits per heavy atom. The standard InChI is InChI=1S/C8H16O3Si/c1-12(2,3)10-6-7-4-5-8(9)11-7/h7H,4-6H2,1-3H3. The molecule has 1 fully saturated rings. The summed E-state index contributed by atoms with van der Waals surface area (Å²) < 4.78 is 10.6. The molecule has 0 bridgehead atoms. The number of carbonyl (C=O) groups excluding carboxylic acids is 1. The van der Waals surface area contributed by atoms with Crippen LogP contribution in [0, 0.1) is 0 Å². The summed E-state index contributed by atoms with van der Waals surface area (Å²) in [5.74, 6) is -0.0841. The van der Waals surface area contributed by atoms with Crippen LogP contribution in [0.3, 0.4) is 0 Å². The van der Waals surface area contributed by atoms with Gasteiger partial charge in [-0.2, -0.15) is 0 Å². The highest BCUT2D eigenvalue weighted by atomic mass is 28.4. The number of hydrogen-bond donors (Lipinski definition) is 0. The molecule has 1 aliphatic heterocycles. The van der Waals surface area contributed by atoms with E-state index in [1.807, 2.05) is 0 Å². The van der Waals surface area contributed by atoms with Gasteiger partial charge in [-0.05, 0) is 26.1 Å². The molecule has 1 saturated heterocycles. The van der Waals surface area contributed by atoms with Crippen molar-refractivity contribution in [3.8, 4) is 0 Å². The highest BCUT2D eigenvalue weighted by molar-refractivity contribution is 6.69. The van der Waals surface area contributed by atoms with E-state index in [0.29, 0.717) is 13.0 Å². The quantitative estimate of drug-likeness (QED) is 0.498. The third-order valence-corrected chi connectivity index (χ3v) is 2.70. The predicted octanol–water partition coefficient (Wildman–Crippen LogP) is 1.54. The molecule has 1 rings (SSSR count). The summed E-state index contributed by atoms with van der Waals surface area (Å²) >= 11 is 0. The third kappa shape index (κ3) is 3.36. The van der Waals surface area contributed by atoms with Crippen molar-refractivity contribution in [3.63, 3.8) is 0 Å². The van der Waals surface area contributed by atoms with Crippen LogP contribution >= 0.6 is 0 Å². The first-order valence-corrected chi connectivity index (χ1v) is 7.72. The van der Waals surface area contributed by atoms with Crippen LogP contribution in [0.4, 0.5) is 0 Å². The van der Waals surface area contributed by atoms with E-state index in [2.05, 4.69) is 19.6 Å². The number of ether oxygens (including phenoxy) is 1. The molecular formula is C8H16O3Si. The molecule has 0 aliphatic carbocycles.